The fourth-order valence-electron chi connectivity index (χ4n) is 2.06. The van der Waals surface area contributed by atoms with Crippen molar-refractivity contribution in [3.8, 4) is 5.75 Å². The Hall–Kier alpha value is -1.51. The highest BCUT2D eigenvalue weighted by atomic mass is 16.5. The zero-order valence-electron chi connectivity index (χ0n) is 9.82. The number of hydrogen-bond acceptors (Lipinski definition) is 2. The molecule has 0 bridgehead atoms. The topological polar surface area (TPSA) is 29.5 Å². The number of amides is 1. The van der Waals surface area contributed by atoms with Crippen molar-refractivity contribution in [3.05, 3.63) is 29.3 Å². The van der Waals surface area contributed by atoms with Crippen molar-refractivity contribution < 1.29 is 9.53 Å². The molecule has 1 aliphatic rings. The normalized spacial score (nSPS) is 14.5. The van der Waals surface area contributed by atoms with Gasteiger partial charge in [-0.25, -0.2) is 0 Å². The first-order valence-corrected chi connectivity index (χ1v) is 5.71. The minimum atomic E-state index is 0.146. The molecule has 3 nitrogen and oxygen atoms in total. The molecule has 1 heterocycles. The van der Waals surface area contributed by atoms with E-state index in [1.807, 2.05) is 24.0 Å². The SMILES string of the molecule is CCOc1ccc2c(c1)CN(C(C)=O)CC2. The quantitative estimate of drug-likeness (QED) is 0.761. The Morgan fingerprint density at radius 1 is 1.44 bits per heavy atom. The van der Waals surface area contributed by atoms with Gasteiger partial charge in [0, 0.05) is 20.0 Å². The van der Waals surface area contributed by atoms with Crippen LogP contribution in [0.2, 0.25) is 0 Å². The summed E-state index contributed by atoms with van der Waals surface area (Å²) in [6, 6.07) is 6.16. The third-order valence-electron chi connectivity index (χ3n) is 2.95. The Kier molecular flexibility index (Phi) is 3.13. The van der Waals surface area contributed by atoms with Crippen molar-refractivity contribution in [3.63, 3.8) is 0 Å². The Morgan fingerprint density at radius 2 is 2.25 bits per heavy atom. The number of ether oxygens (including phenoxy) is 1. The summed E-state index contributed by atoms with van der Waals surface area (Å²) in [6.07, 6.45) is 0.946. The first-order valence-electron chi connectivity index (χ1n) is 5.71. The highest BCUT2D eigenvalue weighted by molar-refractivity contribution is 5.73. The number of carbonyl (C=O) groups excluding carboxylic acids is 1. The largest absolute Gasteiger partial charge is 0.494 e. The van der Waals surface area contributed by atoms with Crippen molar-refractivity contribution >= 4 is 5.91 Å². The smallest absolute Gasteiger partial charge is 0.219 e. The second kappa shape index (κ2) is 4.56. The Bertz CT molecular complexity index is 401. The number of carbonyl (C=O) groups is 1. The Labute approximate surface area is 96.0 Å². The molecule has 0 N–H and O–H groups in total. The van der Waals surface area contributed by atoms with Gasteiger partial charge in [-0.05, 0) is 36.6 Å². The summed E-state index contributed by atoms with van der Waals surface area (Å²) in [7, 11) is 0. The molecular weight excluding hydrogens is 202 g/mol. The maximum atomic E-state index is 11.3. The van der Waals surface area contributed by atoms with E-state index in [1.165, 1.54) is 11.1 Å². The summed E-state index contributed by atoms with van der Waals surface area (Å²) in [5.74, 6) is 1.04. The van der Waals surface area contributed by atoms with E-state index in [4.69, 9.17) is 4.74 Å². The van der Waals surface area contributed by atoms with Crippen LogP contribution in [0.1, 0.15) is 25.0 Å². The molecular formula is C13H17NO2. The molecule has 1 amide bonds. The van der Waals surface area contributed by atoms with Gasteiger partial charge in [0.25, 0.3) is 0 Å². The van der Waals surface area contributed by atoms with Gasteiger partial charge in [-0.1, -0.05) is 6.07 Å². The molecule has 1 aromatic carbocycles. The lowest BCUT2D eigenvalue weighted by molar-refractivity contribution is -0.129. The number of nitrogens with zero attached hydrogens (tertiary/aromatic N) is 1. The van der Waals surface area contributed by atoms with Gasteiger partial charge in [-0.2, -0.15) is 0 Å². The molecule has 0 saturated carbocycles. The molecule has 16 heavy (non-hydrogen) atoms. The summed E-state index contributed by atoms with van der Waals surface area (Å²) < 4.78 is 5.46. The Balaban J connectivity index is 2.21. The van der Waals surface area contributed by atoms with E-state index in [9.17, 15) is 4.79 Å². The van der Waals surface area contributed by atoms with Crippen LogP contribution in [0.4, 0.5) is 0 Å². The highest BCUT2D eigenvalue weighted by Crippen LogP contribution is 2.23. The van der Waals surface area contributed by atoms with E-state index in [2.05, 4.69) is 6.07 Å². The molecule has 0 atom stereocenters. The standard InChI is InChI=1S/C13H17NO2/c1-3-16-13-5-4-11-6-7-14(10(2)15)9-12(11)8-13/h4-5,8H,3,6-7,9H2,1-2H3. The van der Waals surface area contributed by atoms with Crippen molar-refractivity contribution in [1.82, 2.24) is 4.90 Å². The van der Waals surface area contributed by atoms with Crippen LogP contribution in [0.25, 0.3) is 0 Å². The van der Waals surface area contributed by atoms with E-state index in [0.717, 1.165) is 18.7 Å². The van der Waals surface area contributed by atoms with Gasteiger partial charge in [0.05, 0.1) is 6.61 Å². The van der Waals surface area contributed by atoms with Gasteiger partial charge in [0.1, 0.15) is 5.75 Å². The van der Waals surface area contributed by atoms with Crippen LogP contribution in [0.3, 0.4) is 0 Å². The molecule has 0 radical (unpaired) electrons. The van der Waals surface area contributed by atoms with Gasteiger partial charge < -0.3 is 9.64 Å². The van der Waals surface area contributed by atoms with Crippen molar-refractivity contribution in [1.29, 1.82) is 0 Å². The second-order valence-corrected chi connectivity index (χ2v) is 4.05. The van der Waals surface area contributed by atoms with Gasteiger partial charge in [0.2, 0.25) is 5.91 Å². The van der Waals surface area contributed by atoms with Crippen LogP contribution in [0, 0.1) is 0 Å². The third-order valence-corrected chi connectivity index (χ3v) is 2.95. The average molecular weight is 219 g/mol. The van der Waals surface area contributed by atoms with Gasteiger partial charge in [-0.15, -0.1) is 0 Å². The molecule has 0 saturated heterocycles. The molecule has 0 aliphatic carbocycles. The predicted molar refractivity (Wildman–Crippen MR) is 62.4 cm³/mol. The van der Waals surface area contributed by atoms with Crippen LogP contribution in [0.15, 0.2) is 18.2 Å². The summed E-state index contributed by atoms with van der Waals surface area (Å²) in [6.45, 7) is 5.82. The summed E-state index contributed by atoms with van der Waals surface area (Å²) in [4.78, 5) is 13.2. The summed E-state index contributed by atoms with van der Waals surface area (Å²) in [5, 5.41) is 0. The number of rotatable bonds is 2. The molecule has 0 fully saturated rings. The number of fused-ring (bicyclic) bond motifs is 1. The van der Waals surface area contributed by atoms with E-state index in [0.29, 0.717) is 13.2 Å². The van der Waals surface area contributed by atoms with Crippen molar-refractivity contribution in [2.24, 2.45) is 0 Å². The second-order valence-electron chi connectivity index (χ2n) is 4.05. The molecule has 0 aromatic heterocycles. The van der Waals surface area contributed by atoms with E-state index >= 15 is 0 Å². The maximum absolute atomic E-state index is 11.3. The van der Waals surface area contributed by atoms with Crippen molar-refractivity contribution in [2.45, 2.75) is 26.8 Å². The van der Waals surface area contributed by atoms with E-state index < -0.39 is 0 Å². The fourth-order valence-corrected chi connectivity index (χ4v) is 2.06. The number of benzene rings is 1. The lowest BCUT2D eigenvalue weighted by Gasteiger charge is -2.28. The zero-order chi connectivity index (χ0) is 11.5. The molecule has 2 rings (SSSR count). The predicted octanol–water partition coefficient (Wildman–Crippen LogP) is 1.99. The van der Waals surface area contributed by atoms with Crippen LogP contribution in [-0.4, -0.2) is 24.0 Å². The fraction of sp³-hybridized carbons (Fsp3) is 0.462. The monoisotopic (exact) mass is 219 g/mol. The molecule has 0 unspecified atom stereocenters. The molecule has 86 valence electrons. The minimum absolute atomic E-state index is 0.146. The molecule has 1 aromatic rings. The Morgan fingerprint density at radius 3 is 2.94 bits per heavy atom. The average Bonchev–Trinajstić information content (AvgIpc) is 2.28. The first-order chi connectivity index (χ1) is 7.70. The lowest BCUT2D eigenvalue weighted by atomic mass is 9.99. The zero-order valence-corrected chi connectivity index (χ0v) is 9.82. The summed E-state index contributed by atoms with van der Waals surface area (Å²) in [5.41, 5.74) is 2.55. The minimum Gasteiger partial charge on any atom is -0.494 e. The van der Waals surface area contributed by atoms with Gasteiger partial charge in [-0.3, -0.25) is 4.79 Å². The van der Waals surface area contributed by atoms with Crippen LogP contribution in [0.5, 0.6) is 5.75 Å². The number of hydrogen-bond donors (Lipinski definition) is 0. The van der Waals surface area contributed by atoms with Crippen molar-refractivity contribution in [2.75, 3.05) is 13.2 Å². The first kappa shape index (κ1) is 11.0. The maximum Gasteiger partial charge on any atom is 0.219 e. The van der Waals surface area contributed by atoms with Crippen LogP contribution in [-0.2, 0) is 17.8 Å². The van der Waals surface area contributed by atoms with Gasteiger partial charge in [0.15, 0.2) is 0 Å². The van der Waals surface area contributed by atoms with E-state index in [-0.39, 0.29) is 5.91 Å². The van der Waals surface area contributed by atoms with Crippen LogP contribution >= 0.6 is 0 Å². The molecule has 3 heteroatoms. The van der Waals surface area contributed by atoms with E-state index in [1.54, 1.807) is 6.92 Å². The third kappa shape index (κ3) is 2.18. The summed E-state index contributed by atoms with van der Waals surface area (Å²) >= 11 is 0. The molecule has 1 aliphatic heterocycles. The van der Waals surface area contributed by atoms with Crippen LogP contribution < -0.4 is 4.74 Å². The van der Waals surface area contributed by atoms with Gasteiger partial charge >= 0.3 is 0 Å². The highest BCUT2D eigenvalue weighted by Gasteiger charge is 2.18. The molecule has 0 spiro atoms. The lowest BCUT2D eigenvalue weighted by Crippen LogP contribution is -2.34.